The van der Waals surface area contributed by atoms with Gasteiger partial charge in [0, 0.05) is 52.0 Å². The Morgan fingerprint density at radius 2 is 1.79 bits per heavy atom. The predicted molar refractivity (Wildman–Crippen MR) is 89.1 cm³/mol. The number of hydrogen-bond acceptors (Lipinski definition) is 4. The van der Waals surface area contributed by atoms with Crippen molar-refractivity contribution >= 4 is 11.8 Å². The van der Waals surface area contributed by atoms with Crippen LogP contribution in [0.25, 0.3) is 0 Å². The smallest absolute Gasteiger partial charge is 0.225 e. The van der Waals surface area contributed by atoms with E-state index < -0.39 is 0 Å². The van der Waals surface area contributed by atoms with Gasteiger partial charge in [0.05, 0.1) is 0 Å². The van der Waals surface area contributed by atoms with Crippen molar-refractivity contribution in [3.05, 3.63) is 12.2 Å². The molecule has 2 fully saturated rings. The number of aromatic nitrogens is 3. The fraction of sp³-hybridized carbons (Fsp3) is 0.765. The van der Waals surface area contributed by atoms with Crippen LogP contribution in [-0.2, 0) is 23.1 Å². The van der Waals surface area contributed by atoms with Gasteiger partial charge in [-0.2, -0.15) is 0 Å². The first-order valence-corrected chi connectivity index (χ1v) is 9.04. The Morgan fingerprint density at radius 3 is 2.42 bits per heavy atom. The van der Waals surface area contributed by atoms with Gasteiger partial charge in [-0.15, -0.1) is 10.2 Å². The van der Waals surface area contributed by atoms with Gasteiger partial charge in [-0.25, -0.2) is 0 Å². The highest BCUT2D eigenvalue weighted by Gasteiger charge is 2.30. The molecule has 2 aliphatic rings. The van der Waals surface area contributed by atoms with Crippen molar-refractivity contribution in [2.75, 3.05) is 26.2 Å². The summed E-state index contributed by atoms with van der Waals surface area (Å²) in [7, 11) is 1.89. The first-order valence-electron chi connectivity index (χ1n) is 9.04. The summed E-state index contributed by atoms with van der Waals surface area (Å²) in [5.74, 6) is 1.40. The highest BCUT2D eigenvalue weighted by molar-refractivity contribution is 5.80. The molecule has 0 aliphatic carbocycles. The van der Waals surface area contributed by atoms with Crippen LogP contribution in [0.4, 0.5) is 0 Å². The van der Waals surface area contributed by atoms with E-state index in [-0.39, 0.29) is 11.8 Å². The molecule has 0 saturated carbocycles. The third-order valence-corrected chi connectivity index (χ3v) is 5.23. The van der Waals surface area contributed by atoms with Crippen molar-refractivity contribution in [3.63, 3.8) is 0 Å². The molecule has 2 amide bonds. The predicted octanol–water partition coefficient (Wildman–Crippen LogP) is 0.999. The van der Waals surface area contributed by atoms with Crippen LogP contribution in [0.2, 0.25) is 0 Å². The second kappa shape index (κ2) is 7.77. The SMILES string of the molecule is Cn1cnnc1CCC(=O)N1CCC(C(=O)N2CCCCC2)CC1. The van der Waals surface area contributed by atoms with Crippen molar-refractivity contribution in [1.29, 1.82) is 0 Å². The molecule has 132 valence electrons. The highest BCUT2D eigenvalue weighted by atomic mass is 16.2. The summed E-state index contributed by atoms with van der Waals surface area (Å²) >= 11 is 0. The fourth-order valence-corrected chi connectivity index (χ4v) is 3.66. The number of carbonyl (C=O) groups is 2. The maximum atomic E-state index is 12.6. The lowest BCUT2D eigenvalue weighted by Crippen LogP contribution is -2.45. The summed E-state index contributed by atoms with van der Waals surface area (Å²) < 4.78 is 1.84. The Bertz CT molecular complexity index is 571. The number of likely N-dealkylation sites (tertiary alicyclic amines) is 2. The number of piperidine rings is 2. The van der Waals surface area contributed by atoms with Crippen LogP contribution in [0.3, 0.4) is 0 Å². The molecule has 0 N–H and O–H groups in total. The third-order valence-electron chi connectivity index (χ3n) is 5.23. The van der Waals surface area contributed by atoms with Gasteiger partial charge in [0.15, 0.2) is 0 Å². The molecule has 1 aromatic rings. The van der Waals surface area contributed by atoms with Crippen molar-refractivity contribution in [2.24, 2.45) is 13.0 Å². The van der Waals surface area contributed by atoms with E-state index in [9.17, 15) is 9.59 Å². The summed E-state index contributed by atoms with van der Waals surface area (Å²) in [5, 5.41) is 7.84. The Hall–Kier alpha value is -1.92. The van der Waals surface area contributed by atoms with Gasteiger partial charge in [-0.3, -0.25) is 9.59 Å². The molecule has 3 rings (SSSR count). The minimum Gasteiger partial charge on any atom is -0.343 e. The molecule has 3 heterocycles. The van der Waals surface area contributed by atoms with Crippen LogP contribution in [0.1, 0.15) is 44.3 Å². The Balaban J connectivity index is 1.43. The first kappa shape index (κ1) is 16.9. The van der Waals surface area contributed by atoms with Crippen LogP contribution in [0.5, 0.6) is 0 Å². The molecule has 24 heavy (non-hydrogen) atoms. The Kier molecular flexibility index (Phi) is 5.48. The molecular formula is C17H27N5O2. The first-order chi connectivity index (χ1) is 11.6. The van der Waals surface area contributed by atoms with Gasteiger partial charge < -0.3 is 14.4 Å². The van der Waals surface area contributed by atoms with Crippen LogP contribution < -0.4 is 0 Å². The lowest BCUT2D eigenvalue weighted by Gasteiger charge is -2.35. The minimum absolute atomic E-state index is 0.103. The number of aryl methyl sites for hydroxylation is 2. The van der Waals surface area contributed by atoms with E-state index in [0.717, 1.165) is 44.6 Å². The summed E-state index contributed by atoms with van der Waals surface area (Å²) in [6.45, 7) is 3.22. The lowest BCUT2D eigenvalue weighted by molar-refractivity contribution is -0.141. The zero-order valence-corrected chi connectivity index (χ0v) is 14.5. The Morgan fingerprint density at radius 1 is 1.08 bits per heavy atom. The quantitative estimate of drug-likeness (QED) is 0.824. The largest absolute Gasteiger partial charge is 0.343 e. The van der Waals surface area contributed by atoms with Crippen LogP contribution in [-0.4, -0.2) is 62.6 Å². The highest BCUT2D eigenvalue weighted by Crippen LogP contribution is 2.22. The molecule has 0 unspecified atom stereocenters. The summed E-state index contributed by atoms with van der Waals surface area (Å²) in [6, 6.07) is 0. The molecule has 7 nitrogen and oxygen atoms in total. The van der Waals surface area contributed by atoms with E-state index in [2.05, 4.69) is 10.2 Å². The zero-order valence-electron chi connectivity index (χ0n) is 14.5. The monoisotopic (exact) mass is 333 g/mol. The maximum absolute atomic E-state index is 12.6. The maximum Gasteiger partial charge on any atom is 0.225 e. The summed E-state index contributed by atoms with van der Waals surface area (Å²) in [5.41, 5.74) is 0. The second-order valence-corrected chi connectivity index (χ2v) is 6.90. The van der Waals surface area contributed by atoms with Crippen molar-refractivity contribution < 1.29 is 9.59 Å². The average Bonchev–Trinajstić information content (AvgIpc) is 3.05. The molecular weight excluding hydrogens is 306 g/mol. The van der Waals surface area contributed by atoms with Gasteiger partial charge in [-0.05, 0) is 32.1 Å². The molecule has 0 bridgehead atoms. The van der Waals surface area contributed by atoms with Crippen molar-refractivity contribution in [3.8, 4) is 0 Å². The van der Waals surface area contributed by atoms with Crippen LogP contribution >= 0.6 is 0 Å². The second-order valence-electron chi connectivity index (χ2n) is 6.90. The standard InChI is InChI=1S/C17H27N5O2/c1-20-13-18-19-15(20)5-6-16(23)21-11-7-14(8-12-21)17(24)22-9-3-2-4-10-22/h13-14H,2-12H2,1H3. The van der Waals surface area contributed by atoms with Crippen LogP contribution in [0, 0.1) is 5.92 Å². The van der Waals surface area contributed by atoms with E-state index in [1.807, 2.05) is 21.4 Å². The average molecular weight is 333 g/mol. The van der Waals surface area contributed by atoms with Gasteiger partial charge >= 0.3 is 0 Å². The molecule has 0 radical (unpaired) electrons. The summed E-state index contributed by atoms with van der Waals surface area (Å²) in [6.07, 6.45) is 7.81. The minimum atomic E-state index is 0.103. The molecule has 7 heteroatoms. The van der Waals surface area contributed by atoms with Gasteiger partial charge in [-0.1, -0.05) is 0 Å². The number of rotatable bonds is 4. The third kappa shape index (κ3) is 3.94. The number of hydrogen-bond donors (Lipinski definition) is 0. The number of amides is 2. The van der Waals surface area contributed by atoms with E-state index in [0.29, 0.717) is 31.8 Å². The lowest BCUT2D eigenvalue weighted by atomic mass is 9.94. The van der Waals surface area contributed by atoms with Gasteiger partial charge in [0.25, 0.3) is 0 Å². The van der Waals surface area contributed by atoms with E-state index in [1.54, 1.807) is 6.33 Å². The topological polar surface area (TPSA) is 71.3 Å². The van der Waals surface area contributed by atoms with E-state index in [1.165, 1.54) is 6.42 Å². The molecule has 0 atom stereocenters. The van der Waals surface area contributed by atoms with Gasteiger partial charge in [0.1, 0.15) is 12.2 Å². The number of carbonyl (C=O) groups excluding carboxylic acids is 2. The molecule has 0 spiro atoms. The normalized spacial score (nSPS) is 19.5. The molecule has 0 aromatic carbocycles. The van der Waals surface area contributed by atoms with Crippen molar-refractivity contribution in [1.82, 2.24) is 24.6 Å². The molecule has 2 aliphatic heterocycles. The Labute approximate surface area is 143 Å². The van der Waals surface area contributed by atoms with E-state index in [4.69, 9.17) is 0 Å². The van der Waals surface area contributed by atoms with Gasteiger partial charge in [0.2, 0.25) is 11.8 Å². The summed E-state index contributed by atoms with van der Waals surface area (Å²) in [4.78, 5) is 28.8. The molecule has 1 aromatic heterocycles. The van der Waals surface area contributed by atoms with E-state index >= 15 is 0 Å². The zero-order chi connectivity index (χ0) is 16.9. The van der Waals surface area contributed by atoms with Crippen molar-refractivity contribution in [2.45, 2.75) is 44.9 Å². The van der Waals surface area contributed by atoms with Crippen LogP contribution in [0.15, 0.2) is 6.33 Å². The number of nitrogens with zero attached hydrogens (tertiary/aromatic N) is 5. The molecule has 2 saturated heterocycles. The fourth-order valence-electron chi connectivity index (χ4n) is 3.66.